The molecule has 0 radical (unpaired) electrons. The maximum absolute atomic E-state index is 11.8. The maximum Gasteiger partial charge on any atom is 0.391 e. The molecule has 1 heterocycles. The second-order valence-electron chi connectivity index (χ2n) is 3.79. The van der Waals surface area contributed by atoms with Crippen molar-refractivity contribution >= 4 is 6.03 Å². The van der Waals surface area contributed by atoms with Crippen molar-refractivity contribution in [1.29, 1.82) is 0 Å². The lowest BCUT2D eigenvalue weighted by Crippen LogP contribution is -2.44. The van der Waals surface area contributed by atoms with Crippen LogP contribution in [-0.2, 0) is 4.84 Å². The Morgan fingerprint density at radius 1 is 1.53 bits per heavy atom. The second kappa shape index (κ2) is 6.06. The molecule has 0 aromatic carbocycles. The van der Waals surface area contributed by atoms with Crippen LogP contribution < -0.4 is 5.48 Å². The number of aliphatic hydroxyl groups excluding tert-OH is 1. The SMILES string of the molecule is O=C(NOCCC(F)(F)F)N1CCC[C@@H]1CO. The molecular formula is C9H15F3N2O3. The Bertz CT molecular complexity index is 260. The molecule has 1 aliphatic rings. The Morgan fingerprint density at radius 3 is 2.82 bits per heavy atom. The van der Waals surface area contributed by atoms with E-state index in [9.17, 15) is 18.0 Å². The van der Waals surface area contributed by atoms with Gasteiger partial charge in [-0.3, -0.25) is 4.84 Å². The van der Waals surface area contributed by atoms with Gasteiger partial charge >= 0.3 is 12.2 Å². The van der Waals surface area contributed by atoms with Gasteiger partial charge in [-0.15, -0.1) is 0 Å². The average molecular weight is 256 g/mol. The summed E-state index contributed by atoms with van der Waals surface area (Å²) in [4.78, 5) is 17.2. The summed E-state index contributed by atoms with van der Waals surface area (Å²) in [5.74, 6) is 0. The van der Waals surface area contributed by atoms with Crippen molar-refractivity contribution in [2.45, 2.75) is 31.5 Å². The Kier molecular flexibility index (Phi) is 5.01. The van der Waals surface area contributed by atoms with E-state index >= 15 is 0 Å². The predicted octanol–water partition coefficient (Wildman–Crippen LogP) is 1.04. The predicted molar refractivity (Wildman–Crippen MR) is 52.0 cm³/mol. The van der Waals surface area contributed by atoms with Crippen LogP contribution >= 0.6 is 0 Å². The van der Waals surface area contributed by atoms with E-state index in [-0.39, 0.29) is 12.6 Å². The summed E-state index contributed by atoms with van der Waals surface area (Å²) >= 11 is 0. The Morgan fingerprint density at radius 2 is 2.24 bits per heavy atom. The largest absolute Gasteiger partial charge is 0.394 e. The van der Waals surface area contributed by atoms with Crippen molar-refractivity contribution < 1.29 is 27.9 Å². The molecular weight excluding hydrogens is 241 g/mol. The van der Waals surface area contributed by atoms with E-state index < -0.39 is 25.2 Å². The highest BCUT2D eigenvalue weighted by Gasteiger charge is 2.29. The van der Waals surface area contributed by atoms with Crippen LogP contribution in [0.25, 0.3) is 0 Å². The van der Waals surface area contributed by atoms with Gasteiger partial charge in [0.25, 0.3) is 0 Å². The first kappa shape index (κ1) is 14.0. The standard InChI is InChI=1S/C9H15F3N2O3/c10-9(11,12)3-5-17-13-8(16)14-4-1-2-7(14)6-15/h7,15H,1-6H2,(H,13,16)/t7-/m1/s1. The van der Waals surface area contributed by atoms with Crippen molar-refractivity contribution in [2.75, 3.05) is 19.8 Å². The zero-order valence-electron chi connectivity index (χ0n) is 9.16. The lowest BCUT2D eigenvalue weighted by Gasteiger charge is -2.22. The summed E-state index contributed by atoms with van der Waals surface area (Å²) in [6.07, 6.45) is -3.96. The number of urea groups is 1. The summed E-state index contributed by atoms with van der Waals surface area (Å²) in [7, 11) is 0. The molecule has 0 saturated carbocycles. The molecule has 0 aromatic heterocycles. The van der Waals surface area contributed by atoms with Gasteiger partial charge in [0, 0.05) is 6.54 Å². The normalized spacial score (nSPS) is 20.7. The Balaban J connectivity index is 2.21. The molecule has 1 atom stereocenters. The van der Waals surface area contributed by atoms with Crippen molar-refractivity contribution in [1.82, 2.24) is 10.4 Å². The van der Waals surface area contributed by atoms with Gasteiger partial charge in [0.15, 0.2) is 0 Å². The van der Waals surface area contributed by atoms with Crippen molar-refractivity contribution in [3.8, 4) is 0 Å². The van der Waals surface area contributed by atoms with Crippen molar-refractivity contribution in [2.24, 2.45) is 0 Å². The van der Waals surface area contributed by atoms with Crippen LogP contribution in [-0.4, -0.2) is 48.0 Å². The number of nitrogens with one attached hydrogen (secondary N) is 1. The van der Waals surface area contributed by atoms with Gasteiger partial charge in [-0.25, -0.2) is 10.3 Å². The van der Waals surface area contributed by atoms with Crippen molar-refractivity contribution in [3.05, 3.63) is 0 Å². The molecule has 0 aliphatic carbocycles. The first-order valence-corrected chi connectivity index (χ1v) is 5.30. The number of carbonyl (C=O) groups is 1. The van der Waals surface area contributed by atoms with E-state index in [1.807, 2.05) is 5.48 Å². The molecule has 5 nitrogen and oxygen atoms in total. The number of hydrogen-bond acceptors (Lipinski definition) is 3. The van der Waals surface area contributed by atoms with Crippen LogP contribution in [0, 0.1) is 0 Å². The van der Waals surface area contributed by atoms with Gasteiger partial charge in [-0.2, -0.15) is 13.2 Å². The number of amides is 2. The second-order valence-corrected chi connectivity index (χ2v) is 3.79. The minimum absolute atomic E-state index is 0.157. The number of carbonyl (C=O) groups excluding carboxylic acids is 1. The Hall–Kier alpha value is -1.02. The minimum atomic E-state index is -4.30. The van der Waals surface area contributed by atoms with E-state index in [2.05, 4.69) is 4.84 Å². The summed E-state index contributed by atoms with van der Waals surface area (Å²) in [6.45, 7) is -0.303. The first-order chi connectivity index (χ1) is 7.94. The van der Waals surface area contributed by atoms with Crippen LogP contribution in [0.4, 0.5) is 18.0 Å². The molecule has 0 bridgehead atoms. The third-order valence-electron chi connectivity index (χ3n) is 2.50. The molecule has 0 aromatic rings. The summed E-state index contributed by atoms with van der Waals surface area (Å²) in [6, 6.07) is -0.884. The number of hydroxylamine groups is 1. The van der Waals surface area contributed by atoms with Crippen LogP contribution in [0.5, 0.6) is 0 Å². The number of alkyl halides is 3. The van der Waals surface area contributed by atoms with Gasteiger partial charge in [-0.1, -0.05) is 0 Å². The molecule has 1 saturated heterocycles. The number of halogens is 3. The van der Waals surface area contributed by atoms with E-state index in [4.69, 9.17) is 5.11 Å². The van der Waals surface area contributed by atoms with Gasteiger partial charge in [-0.05, 0) is 12.8 Å². The third-order valence-corrected chi connectivity index (χ3v) is 2.50. The van der Waals surface area contributed by atoms with Gasteiger partial charge < -0.3 is 10.0 Å². The molecule has 2 amide bonds. The number of likely N-dealkylation sites (tertiary alicyclic amines) is 1. The van der Waals surface area contributed by atoms with Crippen LogP contribution in [0.3, 0.4) is 0 Å². The van der Waals surface area contributed by atoms with E-state index in [0.717, 1.165) is 6.42 Å². The third kappa shape index (κ3) is 4.78. The molecule has 1 fully saturated rings. The molecule has 100 valence electrons. The number of nitrogens with zero attached hydrogens (tertiary/aromatic N) is 1. The summed E-state index contributed by atoms with van der Waals surface area (Å²) in [5, 5.41) is 8.95. The lowest BCUT2D eigenvalue weighted by molar-refractivity contribution is -0.149. The van der Waals surface area contributed by atoms with E-state index in [1.54, 1.807) is 0 Å². The fourth-order valence-corrected chi connectivity index (χ4v) is 1.63. The molecule has 0 spiro atoms. The minimum Gasteiger partial charge on any atom is -0.394 e. The lowest BCUT2D eigenvalue weighted by atomic mass is 10.2. The molecule has 2 N–H and O–H groups in total. The highest BCUT2D eigenvalue weighted by Crippen LogP contribution is 2.19. The molecule has 17 heavy (non-hydrogen) atoms. The smallest absolute Gasteiger partial charge is 0.391 e. The quantitative estimate of drug-likeness (QED) is 0.583. The van der Waals surface area contributed by atoms with E-state index in [0.29, 0.717) is 13.0 Å². The summed E-state index contributed by atoms with van der Waals surface area (Å²) < 4.78 is 35.3. The van der Waals surface area contributed by atoms with Crippen molar-refractivity contribution in [3.63, 3.8) is 0 Å². The monoisotopic (exact) mass is 256 g/mol. The molecule has 8 heteroatoms. The topological polar surface area (TPSA) is 61.8 Å². The highest BCUT2D eigenvalue weighted by molar-refractivity contribution is 5.73. The number of hydrogen-bond donors (Lipinski definition) is 2. The molecule has 1 aliphatic heterocycles. The fourth-order valence-electron chi connectivity index (χ4n) is 1.63. The zero-order chi connectivity index (χ0) is 12.9. The van der Waals surface area contributed by atoms with Gasteiger partial charge in [0.05, 0.1) is 25.7 Å². The summed E-state index contributed by atoms with van der Waals surface area (Å²) in [5.41, 5.74) is 1.94. The highest BCUT2D eigenvalue weighted by atomic mass is 19.4. The average Bonchev–Trinajstić information content (AvgIpc) is 2.70. The number of aliphatic hydroxyl groups is 1. The van der Waals surface area contributed by atoms with Gasteiger partial charge in [0.2, 0.25) is 0 Å². The number of rotatable bonds is 4. The molecule has 1 rings (SSSR count). The Labute approximate surface area is 96.5 Å². The van der Waals surface area contributed by atoms with Crippen LogP contribution in [0.1, 0.15) is 19.3 Å². The maximum atomic E-state index is 11.8. The van der Waals surface area contributed by atoms with Crippen LogP contribution in [0.15, 0.2) is 0 Å². The first-order valence-electron chi connectivity index (χ1n) is 5.30. The van der Waals surface area contributed by atoms with Crippen LogP contribution in [0.2, 0.25) is 0 Å². The van der Waals surface area contributed by atoms with Gasteiger partial charge in [0.1, 0.15) is 0 Å². The molecule has 0 unspecified atom stereocenters. The zero-order valence-corrected chi connectivity index (χ0v) is 9.16. The fraction of sp³-hybridized carbons (Fsp3) is 0.889. The van der Waals surface area contributed by atoms with E-state index in [1.165, 1.54) is 4.90 Å².